The summed E-state index contributed by atoms with van der Waals surface area (Å²) in [5.41, 5.74) is 3.64. The van der Waals surface area contributed by atoms with Crippen molar-refractivity contribution >= 4 is 16.9 Å². The molecule has 3 heterocycles. The summed E-state index contributed by atoms with van der Waals surface area (Å²) in [6.07, 6.45) is 10.6. The molecule has 0 radical (unpaired) electrons. The Kier molecular flexibility index (Phi) is 8.22. The van der Waals surface area contributed by atoms with Crippen molar-refractivity contribution in [3.8, 4) is 5.75 Å². The molecule has 0 spiro atoms. The number of aromatic nitrogens is 2. The van der Waals surface area contributed by atoms with Crippen molar-refractivity contribution in [3.63, 3.8) is 0 Å². The lowest BCUT2D eigenvalue weighted by Gasteiger charge is -2.38. The highest BCUT2D eigenvalue weighted by molar-refractivity contribution is 5.83. The minimum absolute atomic E-state index is 0.232. The predicted molar refractivity (Wildman–Crippen MR) is 135 cm³/mol. The van der Waals surface area contributed by atoms with Gasteiger partial charge in [0.05, 0.1) is 12.6 Å². The van der Waals surface area contributed by atoms with E-state index in [4.69, 9.17) is 4.74 Å². The van der Waals surface area contributed by atoms with Gasteiger partial charge in [-0.2, -0.15) is 0 Å². The zero-order valence-corrected chi connectivity index (χ0v) is 20.4. The number of pyridine rings is 1. The molecule has 2 atom stereocenters. The van der Waals surface area contributed by atoms with Crippen LogP contribution in [0.15, 0.2) is 48.8 Å². The van der Waals surface area contributed by atoms with Gasteiger partial charge < -0.3 is 19.3 Å². The number of aryl methyl sites for hydroxylation is 3. The second-order valence-corrected chi connectivity index (χ2v) is 9.67. The van der Waals surface area contributed by atoms with Crippen molar-refractivity contribution in [2.45, 2.75) is 44.9 Å². The minimum atomic E-state index is -0.673. The third-order valence-electron chi connectivity index (χ3n) is 7.43. The molecule has 0 unspecified atom stereocenters. The summed E-state index contributed by atoms with van der Waals surface area (Å²) >= 11 is 0. The number of methoxy groups -OCH3 is 1. The molecule has 0 amide bonds. The van der Waals surface area contributed by atoms with Crippen molar-refractivity contribution in [1.29, 1.82) is 0 Å². The van der Waals surface area contributed by atoms with E-state index in [0.29, 0.717) is 5.92 Å². The average Bonchev–Trinajstić information content (AvgIpc) is 3.24. The summed E-state index contributed by atoms with van der Waals surface area (Å²) in [4.78, 5) is 18.6. The Bertz CT molecular complexity index is 1090. The number of rotatable bonds is 11. The summed E-state index contributed by atoms with van der Waals surface area (Å²) < 4.78 is 7.59. The van der Waals surface area contributed by atoms with E-state index in [1.807, 2.05) is 18.3 Å². The number of aliphatic carboxylic acids is 1. The first-order chi connectivity index (χ1) is 16.5. The molecule has 6 heteroatoms. The van der Waals surface area contributed by atoms with Gasteiger partial charge in [0.2, 0.25) is 0 Å². The highest BCUT2D eigenvalue weighted by Crippen LogP contribution is 2.32. The second-order valence-electron chi connectivity index (χ2n) is 9.67. The van der Waals surface area contributed by atoms with Crippen LogP contribution in [0, 0.1) is 11.8 Å². The lowest BCUT2D eigenvalue weighted by Crippen LogP contribution is -2.42. The van der Waals surface area contributed by atoms with Crippen LogP contribution >= 0.6 is 0 Å². The van der Waals surface area contributed by atoms with Crippen molar-refractivity contribution in [3.05, 3.63) is 60.0 Å². The standard InChI is InChI=1S/C28H37N3O3/c1-30-15-4-8-24(30)9-5-16-31-17-13-21(23(20-31)18-28(32)33)6-3-7-22-12-14-29-27-11-10-25(34-2)19-26(22)27/h4,8,10-12,14-15,19,21,23H,3,5-7,9,13,16-18,20H2,1-2H3,(H,32,33)/t21-,23+/m1/s1. The number of hydrogen-bond acceptors (Lipinski definition) is 4. The van der Waals surface area contributed by atoms with Gasteiger partial charge in [0.1, 0.15) is 5.75 Å². The lowest BCUT2D eigenvalue weighted by atomic mass is 9.79. The summed E-state index contributed by atoms with van der Waals surface area (Å²) in [6, 6.07) is 12.4. The fourth-order valence-electron chi connectivity index (χ4n) is 5.52. The first-order valence-corrected chi connectivity index (χ1v) is 12.5. The van der Waals surface area contributed by atoms with E-state index in [1.165, 1.54) is 11.3 Å². The lowest BCUT2D eigenvalue weighted by molar-refractivity contribution is -0.139. The molecule has 6 nitrogen and oxygen atoms in total. The Morgan fingerprint density at radius 3 is 2.82 bits per heavy atom. The zero-order valence-electron chi connectivity index (χ0n) is 20.4. The first-order valence-electron chi connectivity index (χ1n) is 12.5. The summed E-state index contributed by atoms with van der Waals surface area (Å²) in [5.74, 6) is 0.883. The number of carboxylic acid groups (broad SMARTS) is 1. The molecule has 3 aromatic rings. The molecule has 1 fully saturated rings. The monoisotopic (exact) mass is 463 g/mol. The van der Waals surface area contributed by atoms with E-state index >= 15 is 0 Å². The van der Waals surface area contributed by atoms with Crippen molar-refractivity contribution in [2.24, 2.45) is 18.9 Å². The molecule has 4 rings (SSSR count). The SMILES string of the molecule is COc1ccc2nccc(CCC[C@@H]3CCN(CCCc4cccn4C)C[C@@H]3CC(=O)O)c2c1. The third kappa shape index (κ3) is 6.17. The van der Waals surface area contributed by atoms with Crippen molar-refractivity contribution < 1.29 is 14.6 Å². The normalized spacial score (nSPS) is 18.9. The number of nitrogens with zero attached hydrogens (tertiary/aromatic N) is 3. The topological polar surface area (TPSA) is 67.6 Å². The van der Waals surface area contributed by atoms with Crippen LogP contribution in [0.2, 0.25) is 0 Å². The zero-order chi connectivity index (χ0) is 23.9. The Labute approximate surface area is 202 Å². The number of ether oxygens (including phenoxy) is 1. The molecule has 1 aromatic carbocycles. The van der Waals surface area contributed by atoms with Crippen LogP contribution in [-0.4, -0.2) is 52.3 Å². The number of likely N-dealkylation sites (tertiary alicyclic amines) is 1. The van der Waals surface area contributed by atoms with Gasteiger partial charge in [-0.1, -0.05) is 0 Å². The van der Waals surface area contributed by atoms with Crippen LogP contribution in [0.25, 0.3) is 10.9 Å². The maximum Gasteiger partial charge on any atom is 0.303 e. The molecule has 182 valence electrons. The number of piperidine rings is 1. The largest absolute Gasteiger partial charge is 0.497 e. The molecule has 0 saturated carbocycles. The smallest absolute Gasteiger partial charge is 0.303 e. The number of carboxylic acids is 1. The van der Waals surface area contributed by atoms with Gasteiger partial charge in [-0.3, -0.25) is 9.78 Å². The molecule has 1 N–H and O–H groups in total. The van der Waals surface area contributed by atoms with Crippen LogP contribution in [-0.2, 0) is 24.7 Å². The first kappa shape index (κ1) is 24.3. The summed E-state index contributed by atoms with van der Waals surface area (Å²) in [5, 5.41) is 10.7. The Morgan fingerprint density at radius 2 is 2.06 bits per heavy atom. The molecule has 1 aliphatic rings. The molecule has 1 aliphatic heterocycles. The third-order valence-corrected chi connectivity index (χ3v) is 7.43. The highest BCUT2D eigenvalue weighted by Gasteiger charge is 2.30. The molecule has 1 saturated heterocycles. The van der Waals surface area contributed by atoms with E-state index in [-0.39, 0.29) is 12.3 Å². The fourth-order valence-corrected chi connectivity index (χ4v) is 5.52. The summed E-state index contributed by atoms with van der Waals surface area (Å²) in [7, 11) is 3.78. The van der Waals surface area contributed by atoms with Crippen LogP contribution in [0.3, 0.4) is 0 Å². The number of carbonyl (C=O) groups is 1. The molecule has 0 bridgehead atoms. The van der Waals surface area contributed by atoms with E-state index in [0.717, 1.165) is 74.8 Å². The van der Waals surface area contributed by atoms with E-state index in [1.54, 1.807) is 7.11 Å². The maximum atomic E-state index is 11.6. The van der Waals surface area contributed by atoms with Gasteiger partial charge in [0.15, 0.2) is 0 Å². The predicted octanol–water partition coefficient (Wildman–Crippen LogP) is 4.95. The van der Waals surface area contributed by atoms with Gasteiger partial charge in [-0.05, 0) is 105 Å². The van der Waals surface area contributed by atoms with Crippen LogP contribution in [0.1, 0.15) is 43.4 Å². The highest BCUT2D eigenvalue weighted by atomic mass is 16.5. The summed E-state index contributed by atoms with van der Waals surface area (Å²) in [6.45, 7) is 3.02. The molecule has 0 aliphatic carbocycles. The van der Waals surface area contributed by atoms with Gasteiger partial charge in [0.25, 0.3) is 0 Å². The van der Waals surface area contributed by atoms with Crippen LogP contribution in [0.5, 0.6) is 5.75 Å². The van der Waals surface area contributed by atoms with Gasteiger partial charge in [0, 0.05) is 43.5 Å². The Hall–Kier alpha value is -2.86. The molecule has 34 heavy (non-hydrogen) atoms. The van der Waals surface area contributed by atoms with Gasteiger partial charge >= 0.3 is 5.97 Å². The van der Waals surface area contributed by atoms with Crippen molar-refractivity contribution in [2.75, 3.05) is 26.7 Å². The molecule has 2 aromatic heterocycles. The Balaban J connectivity index is 1.31. The maximum absolute atomic E-state index is 11.6. The molecular formula is C28H37N3O3. The average molecular weight is 464 g/mol. The van der Waals surface area contributed by atoms with E-state index in [9.17, 15) is 9.90 Å². The molecular weight excluding hydrogens is 426 g/mol. The van der Waals surface area contributed by atoms with Gasteiger partial charge in [-0.25, -0.2) is 0 Å². The van der Waals surface area contributed by atoms with E-state index in [2.05, 4.69) is 52.0 Å². The number of hydrogen-bond donors (Lipinski definition) is 1. The van der Waals surface area contributed by atoms with Crippen molar-refractivity contribution in [1.82, 2.24) is 14.5 Å². The second kappa shape index (κ2) is 11.5. The quantitative estimate of drug-likeness (QED) is 0.436. The minimum Gasteiger partial charge on any atom is -0.497 e. The van der Waals surface area contributed by atoms with Crippen LogP contribution < -0.4 is 4.74 Å². The van der Waals surface area contributed by atoms with Crippen LogP contribution in [0.4, 0.5) is 0 Å². The van der Waals surface area contributed by atoms with E-state index < -0.39 is 5.97 Å². The Morgan fingerprint density at radius 1 is 1.18 bits per heavy atom. The fraction of sp³-hybridized carbons (Fsp3) is 0.500. The van der Waals surface area contributed by atoms with Gasteiger partial charge in [-0.15, -0.1) is 0 Å². The number of benzene rings is 1. The number of fused-ring (bicyclic) bond motifs is 1.